The Morgan fingerprint density at radius 3 is 2.27 bits per heavy atom. The molecule has 1 unspecified atom stereocenters. The van der Waals surface area contributed by atoms with Gasteiger partial charge >= 0.3 is 0 Å². The van der Waals surface area contributed by atoms with Gasteiger partial charge in [-0.05, 0) is 19.1 Å². The minimum absolute atomic E-state index is 0.00368. The maximum Gasteiger partial charge on any atom is 0.239 e. The molecule has 2 aliphatic heterocycles. The van der Waals surface area contributed by atoms with E-state index < -0.39 is 0 Å². The number of anilines is 1. The molecular formula is C17H26N4O. The van der Waals surface area contributed by atoms with Crippen LogP contribution in [-0.2, 0) is 4.79 Å². The number of carbonyl (C=O) groups is 1. The number of benzene rings is 1. The van der Waals surface area contributed by atoms with Crippen molar-refractivity contribution in [2.75, 3.05) is 57.3 Å². The quantitative estimate of drug-likeness (QED) is 0.889. The average Bonchev–Trinajstić information content (AvgIpc) is 2.62. The number of carbonyl (C=O) groups excluding carboxylic acids is 1. The Labute approximate surface area is 132 Å². The van der Waals surface area contributed by atoms with Gasteiger partial charge in [-0.25, -0.2) is 0 Å². The number of amides is 1. The van der Waals surface area contributed by atoms with Gasteiger partial charge in [0.25, 0.3) is 0 Å². The number of piperazine rings is 2. The van der Waals surface area contributed by atoms with Gasteiger partial charge in [0.15, 0.2) is 0 Å². The van der Waals surface area contributed by atoms with Crippen molar-refractivity contribution in [3.63, 3.8) is 0 Å². The highest BCUT2D eigenvalue weighted by Gasteiger charge is 2.29. The van der Waals surface area contributed by atoms with E-state index in [0.717, 1.165) is 52.4 Å². The Hall–Kier alpha value is -1.59. The van der Waals surface area contributed by atoms with E-state index in [-0.39, 0.29) is 11.9 Å². The third-order valence-corrected chi connectivity index (χ3v) is 4.77. The molecule has 3 rings (SSSR count). The highest BCUT2D eigenvalue weighted by molar-refractivity contribution is 5.81. The summed E-state index contributed by atoms with van der Waals surface area (Å²) < 4.78 is 0. The summed E-state index contributed by atoms with van der Waals surface area (Å²) >= 11 is 0. The van der Waals surface area contributed by atoms with Gasteiger partial charge < -0.3 is 15.1 Å². The molecule has 120 valence electrons. The van der Waals surface area contributed by atoms with E-state index in [1.54, 1.807) is 0 Å². The molecule has 0 spiro atoms. The van der Waals surface area contributed by atoms with Crippen LogP contribution in [0, 0.1) is 0 Å². The number of hydrogen-bond donors (Lipinski definition) is 1. The molecule has 0 aromatic heterocycles. The van der Waals surface area contributed by atoms with Crippen molar-refractivity contribution in [2.45, 2.75) is 13.0 Å². The van der Waals surface area contributed by atoms with Crippen LogP contribution in [0.15, 0.2) is 30.3 Å². The molecule has 5 nitrogen and oxygen atoms in total. The molecule has 0 aliphatic carbocycles. The summed E-state index contributed by atoms with van der Waals surface area (Å²) in [5.41, 5.74) is 1.28. The van der Waals surface area contributed by atoms with E-state index in [1.165, 1.54) is 5.69 Å². The normalized spacial score (nSPS) is 21.7. The van der Waals surface area contributed by atoms with Crippen LogP contribution >= 0.6 is 0 Å². The Morgan fingerprint density at radius 2 is 1.64 bits per heavy atom. The van der Waals surface area contributed by atoms with Gasteiger partial charge in [-0.15, -0.1) is 0 Å². The van der Waals surface area contributed by atoms with Gasteiger partial charge in [-0.2, -0.15) is 0 Å². The van der Waals surface area contributed by atoms with Crippen LogP contribution in [0.4, 0.5) is 5.69 Å². The molecule has 5 heteroatoms. The number of hydrogen-bond acceptors (Lipinski definition) is 4. The van der Waals surface area contributed by atoms with Crippen molar-refractivity contribution in [3.05, 3.63) is 30.3 Å². The molecule has 1 atom stereocenters. The van der Waals surface area contributed by atoms with Crippen LogP contribution in [0.25, 0.3) is 0 Å². The zero-order chi connectivity index (χ0) is 15.4. The SMILES string of the molecule is CC(C(=O)N1CCNCC1)N1CCN(c2ccccc2)CC1. The second kappa shape index (κ2) is 7.11. The molecule has 2 heterocycles. The first-order valence-electron chi connectivity index (χ1n) is 8.29. The summed E-state index contributed by atoms with van der Waals surface area (Å²) in [5, 5.41) is 3.30. The monoisotopic (exact) mass is 302 g/mol. The van der Waals surface area contributed by atoms with Crippen molar-refractivity contribution in [1.82, 2.24) is 15.1 Å². The molecule has 1 amide bonds. The van der Waals surface area contributed by atoms with Crippen molar-refractivity contribution in [2.24, 2.45) is 0 Å². The van der Waals surface area contributed by atoms with Crippen LogP contribution < -0.4 is 10.2 Å². The van der Waals surface area contributed by atoms with Crippen molar-refractivity contribution >= 4 is 11.6 Å². The summed E-state index contributed by atoms with van der Waals surface area (Å²) in [4.78, 5) is 19.3. The van der Waals surface area contributed by atoms with Gasteiger partial charge in [-0.3, -0.25) is 9.69 Å². The van der Waals surface area contributed by atoms with Crippen molar-refractivity contribution in [1.29, 1.82) is 0 Å². The van der Waals surface area contributed by atoms with Gasteiger partial charge in [-0.1, -0.05) is 18.2 Å². The van der Waals surface area contributed by atoms with Crippen LogP contribution in [0.1, 0.15) is 6.92 Å². The number of nitrogens with one attached hydrogen (secondary N) is 1. The molecule has 2 saturated heterocycles. The van der Waals surface area contributed by atoms with Gasteiger partial charge in [0, 0.05) is 58.0 Å². The molecule has 1 aromatic rings. The summed E-state index contributed by atoms with van der Waals surface area (Å²) in [5.74, 6) is 0.287. The van der Waals surface area contributed by atoms with Crippen molar-refractivity contribution < 1.29 is 4.79 Å². The van der Waals surface area contributed by atoms with Crippen LogP contribution in [0.3, 0.4) is 0 Å². The Kier molecular flexibility index (Phi) is 4.95. The molecular weight excluding hydrogens is 276 g/mol. The zero-order valence-corrected chi connectivity index (χ0v) is 13.4. The Balaban J connectivity index is 1.53. The highest BCUT2D eigenvalue weighted by atomic mass is 16.2. The first-order valence-corrected chi connectivity index (χ1v) is 8.29. The molecule has 1 aromatic carbocycles. The lowest BCUT2D eigenvalue weighted by Crippen LogP contribution is -2.57. The summed E-state index contributed by atoms with van der Waals surface area (Å²) in [6.07, 6.45) is 0. The largest absolute Gasteiger partial charge is 0.369 e. The fourth-order valence-electron chi connectivity index (χ4n) is 3.31. The third kappa shape index (κ3) is 3.42. The highest BCUT2D eigenvalue weighted by Crippen LogP contribution is 2.17. The molecule has 2 fully saturated rings. The molecule has 2 aliphatic rings. The lowest BCUT2D eigenvalue weighted by molar-refractivity contribution is -0.137. The third-order valence-electron chi connectivity index (χ3n) is 4.77. The summed E-state index contributed by atoms with van der Waals surface area (Å²) in [6.45, 7) is 9.46. The number of para-hydroxylation sites is 1. The Bertz CT molecular complexity index is 479. The van der Waals surface area contributed by atoms with Crippen LogP contribution in [0.2, 0.25) is 0 Å². The molecule has 0 saturated carbocycles. The predicted molar refractivity (Wildman–Crippen MR) is 89.1 cm³/mol. The Morgan fingerprint density at radius 1 is 1.00 bits per heavy atom. The maximum atomic E-state index is 12.6. The van der Waals surface area contributed by atoms with Crippen LogP contribution in [-0.4, -0.2) is 74.1 Å². The average molecular weight is 302 g/mol. The van der Waals surface area contributed by atoms with Gasteiger partial charge in [0.2, 0.25) is 5.91 Å². The molecule has 0 bridgehead atoms. The topological polar surface area (TPSA) is 38.8 Å². The number of nitrogens with zero attached hydrogens (tertiary/aromatic N) is 3. The van der Waals surface area contributed by atoms with Gasteiger partial charge in [0.1, 0.15) is 0 Å². The van der Waals surface area contributed by atoms with Gasteiger partial charge in [0.05, 0.1) is 6.04 Å². The van der Waals surface area contributed by atoms with Crippen molar-refractivity contribution in [3.8, 4) is 0 Å². The first kappa shape index (κ1) is 15.3. The minimum atomic E-state index is -0.00368. The summed E-state index contributed by atoms with van der Waals surface area (Å²) in [7, 11) is 0. The smallest absolute Gasteiger partial charge is 0.239 e. The van der Waals surface area contributed by atoms with E-state index in [2.05, 4.69) is 46.3 Å². The lowest BCUT2D eigenvalue weighted by Gasteiger charge is -2.40. The van der Waals surface area contributed by atoms with E-state index in [9.17, 15) is 4.79 Å². The summed E-state index contributed by atoms with van der Waals surface area (Å²) in [6, 6.07) is 10.5. The number of rotatable bonds is 3. The zero-order valence-electron chi connectivity index (χ0n) is 13.4. The van der Waals surface area contributed by atoms with Crippen LogP contribution in [0.5, 0.6) is 0 Å². The fraction of sp³-hybridized carbons (Fsp3) is 0.588. The predicted octanol–water partition coefficient (Wildman–Crippen LogP) is 0.629. The lowest BCUT2D eigenvalue weighted by atomic mass is 10.1. The van der Waals surface area contributed by atoms with E-state index >= 15 is 0 Å². The second-order valence-corrected chi connectivity index (χ2v) is 6.11. The second-order valence-electron chi connectivity index (χ2n) is 6.11. The molecule has 22 heavy (non-hydrogen) atoms. The van der Waals surface area contributed by atoms with E-state index in [0.29, 0.717) is 0 Å². The molecule has 0 radical (unpaired) electrons. The maximum absolute atomic E-state index is 12.6. The first-order chi connectivity index (χ1) is 10.8. The van der Waals surface area contributed by atoms with E-state index in [1.807, 2.05) is 11.0 Å². The van der Waals surface area contributed by atoms with E-state index in [4.69, 9.17) is 0 Å². The molecule has 1 N–H and O–H groups in total. The fourth-order valence-corrected chi connectivity index (χ4v) is 3.31. The minimum Gasteiger partial charge on any atom is -0.369 e. The standard InChI is InChI=1S/C17H26N4O/c1-15(17(22)21-9-7-18-8-10-21)19-11-13-20(14-12-19)16-5-3-2-4-6-16/h2-6,15,18H,7-14H2,1H3.